The Labute approximate surface area is 119 Å². The van der Waals surface area contributed by atoms with Crippen LogP contribution in [0.4, 0.5) is 4.79 Å². The molecule has 1 aliphatic heterocycles. The number of aromatic nitrogens is 1. The lowest BCUT2D eigenvalue weighted by Crippen LogP contribution is -2.40. The molecule has 1 saturated heterocycles. The van der Waals surface area contributed by atoms with Gasteiger partial charge in [-0.1, -0.05) is 5.16 Å². The number of carbonyl (C=O) groups excluding carboxylic acids is 1. The van der Waals surface area contributed by atoms with E-state index in [0.717, 1.165) is 37.3 Å². The zero-order chi connectivity index (χ0) is 14.4. The van der Waals surface area contributed by atoms with Crippen LogP contribution >= 0.6 is 0 Å². The molecule has 6 heteroatoms. The molecule has 1 N–H and O–H groups in total. The standard InChI is InChI=1S/C14H23N3O3/c1-3-19-9-5-7-15-14(18)17-8-4-6-12(17)13-10-11(2)16-20-13/h10,12H,3-9H2,1-2H3,(H,15,18)/t12-/m1/s1. The second kappa shape index (κ2) is 7.28. The Balaban J connectivity index is 1.82. The van der Waals surface area contributed by atoms with Gasteiger partial charge in [0.25, 0.3) is 0 Å². The number of urea groups is 1. The Morgan fingerprint density at radius 3 is 3.20 bits per heavy atom. The SMILES string of the molecule is CCOCCCNC(=O)N1CCC[C@@H]1c1cc(C)no1. The van der Waals surface area contributed by atoms with E-state index >= 15 is 0 Å². The number of amides is 2. The number of ether oxygens (including phenoxy) is 1. The number of nitrogens with zero attached hydrogens (tertiary/aromatic N) is 2. The zero-order valence-electron chi connectivity index (χ0n) is 12.2. The minimum absolute atomic E-state index is 0.0168. The van der Waals surface area contributed by atoms with Gasteiger partial charge in [0, 0.05) is 32.4 Å². The monoisotopic (exact) mass is 281 g/mol. The molecule has 2 heterocycles. The minimum Gasteiger partial charge on any atom is -0.382 e. The Morgan fingerprint density at radius 2 is 2.50 bits per heavy atom. The van der Waals surface area contributed by atoms with E-state index < -0.39 is 0 Å². The average Bonchev–Trinajstić information content (AvgIpc) is 3.06. The van der Waals surface area contributed by atoms with E-state index in [-0.39, 0.29) is 12.1 Å². The quantitative estimate of drug-likeness (QED) is 0.812. The summed E-state index contributed by atoms with van der Waals surface area (Å²) in [6.45, 7) is 6.65. The predicted octanol–water partition coefficient (Wildman–Crippen LogP) is 2.26. The van der Waals surface area contributed by atoms with Crippen molar-refractivity contribution in [1.29, 1.82) is 0 Å². The summed E-state index contributed by atoms with van der Waals surface area (Å²) >= 11 is 0. The van der Waals surface area contributed by atoms with Crippen molar-refractivity contribution in [3.05, 3.63) is 17.5 Å². The third kappa shape index (κ3) is 3.72. The molecule has 0 aliphatic carbocycles. The van der Waals surface area contributed by atoms with Gasteiger partial charge < -0.3 is 19.5 Å². The molecule has 6 nitrogen and oxygen atoms in total. The topological polar surface area (TPSA) is 67.6 Å². The second-order valence-corrected chi connectivity index (χ2v) is 5.00. The Kier molecular flexibility index (Phi) is 5.40. The first-order valence-corrected chi connectivity index (χ1v) is 7.27. The molecule has 1 atom stereocenters. The minimum atomic E-state index is -0.0296. The van der Waals surface area contributed by atoms with Crippen LogP contribution in [0.25, 0.3) is 0 Å². The fraction of sp³-hybridized carbons (Fsp3) is 0.714. The summed E-state index contributed by atoms with van der Waals surface area (Å²) in [6.07, 6.45) is 2.76. The number of carbonyl (C=O) groups is 1. The van der Waals surface area contributed by atoms with Crippen LogP contribution in [0.15, 0.2) is 10.6 Å². The van der Waals surface area contributed by atoms with Crippen LogP contribution in [0.2, 0.25) is 0 Å². The molecule has 0 saturated carbocycles. The molecule has 0 spiro atoms. The summed E-state index contributed by atoms with van der Waals surface area (Å²) in [6, 6.07) is 1.90. The highest BCUT2D eigenvalue weighted by Crippen LogP contribution is 2.32. The first-order chi connectivity index (χ1) is 9.72. The highest BCUT2D eigenvalue weighted by Gasteiger charge is 2.32. The van der Waals surface area contributed by atoms with Gasteiger partial charge in [-0.05, 0) is 33.1 Å². The zero-order valence-corrected chi connectivity index (χ0v) is 12.2. The van der Waals surface area contributed by atoms with Gasteiger partial charge in [-0.25, -0.2) is 4.79 Å². The summed E-state index contributed by atoms with van der Waals surface area (Å²) < 4.78 is 10.5. The number of aryl methyl sites for hydroxylation is 1. The maximum Gasteiger partial charge on any atom is 0.318 e. The molecule has 0 aromatic carbocycles. The fourth-order valence-electron chi connectivity index (χ4n) is 2.46. The van der Waals surface area contributed by atoms with Gasteiger partial charge in [0.15, 0.2) is 5.76 Å². The van der Waals surface area contributed by atoms with Crippen LogP contribution in [0, 0.1) is 6.92 Å². The van der Waals surface area contributed by atoms with Crippen molar-refractivity contribution < 1.29 is 14.1 Å². The van der Waals surface area contributed by atoms with Crippen LogP contribution < -0.4 is 5.32 Å². The summed E-state index contributed by atoms with van der Waals surface area (Å²) in [5, 5.41) is 6.84. The largest absolute Gasteiger partial charge is 0.382 e. The Morgan fingerprint density at radius 1 is 1.65 bits per heavy atom. The molecule has 0 unspecified atom stereocenters. The van der Waals surface area contributed by atoms with E-state index in [4.69, 9.17) is 9.26 Å². The molecule has 112 valence electrons. The van der Waals surface area contributed by atoms with E-state index in [9.17, 15) is 4.79 Å². The smallest absolute Gasteiger partial charge is 0.318 e. The van der Waals surface area contributed by atoms with Gasteiger partial charge in [0.2, 0.25) is 0 Å². The number of hydrogen-bond acceptors (Lipinski definition) is 4. The fourth-order valence-corrected chi connectivity index (χ4v) is 2.46. The van der Waals surface area contributed by atoms with Crippen molar-refractivity contribution in [2.24, 2.45) is 0 Å². The lowest BCUT2D eigenvalue weighted by Gasteiger charge is -2.23. The molecule has 0 bridgehead atoms. The third-order valence-corrected chi connectivity index (χ3v) is 3.43. The first-order valence-electron chi connectivity index (χ1n) is 7.27. The molecule has 2 rings (SSSR count). The summed E-state index contributed by atoms with van der Waals surface area (Å²) in [7, 11) is 0. The highest BCUT2D eigenvalue weighted by molar-refractivity contribution is 5.74. The van der Waals surface area contributed by atoms with E-state index in [1.807, 2.05) is 24.8 Å². The summed E-state index contributed by atoms with van der Waals surface area (Å²) in [5.41, 5.74) is 0.851. The summed E-state index contributed by atoms with van der Waals surface area (Å²) in [5.74, 6) is 0.782. The summed E-state index contributed by atoms with van der Waals surface area (Å²) in [4.78, 5) is 14.0. The van der Waals surface area contributed by atoms with E-state index in [1.165, 1.54) is 0 Å². The first kappa shape index (κ1) is 14.8. The number of hydrogen-bond donors (Lipinski definition) is 1. The number of rotatable bonds is 6. The molecule has 2 amide bonds. The predicted molar refractivity (Wildman–Crippen MR) is 74.4 cm³/mol. The van der Waals surface area contributed by atoms with Gasteiger partial charge in [0.05, 0.1) is 11.7 Å². The van der Waals surface area contributed by atoms with Crippen molar-refractivity contribution in [2.45, 2.75) is 39.2 Å². The number of likely N-dealkylation sites (tertiary alicyclic amines) is 1. The van der Waals surface area contributed by atoms with Crippen molar-refractivity contribution in [3.8, 4) is 0 Å². The van der Waals surface area contributed by atoms with Crippen LogP contribution in [0.1, 0.15) is 43.7 Å². The van der Waals surface area contributed by atoms with Crippen LogP contribution in [-0.2, 0) is 4.74 Å². The van der Waals surface area contributed by atoms with Gasteiger partial charge >= 0.3 is 6.03 Å². The lowest BCUT2D eigenvalue weighted by molar-refractivity contribution is 0.143. The molecular formula is C14H23N3O3. The van der Waals surface area contributed by atoms with Crippen molar-refractivity contribution >= 4 is 6.03 Å². The van der Waals surface area contributed by atoms with E-state index in [0.29, 0.717) is 19.8 Å². The van der Waals surface area contributed by atoms with Crippen molar-refractivity contribution in [2.75, 3.05) is 26.3 Å². The van der Waals surface area contributed by atoms with Crippen molar-refractivity contribution in [3.63, 3.8) is 0 Å². The van der Waals surface area contributed by atoms with E-state index in [1.54, 1.807) is 0 Å². The average molecular weight is 281 g/mol. The van der Waals surface area contributed by atoms with Crippen molar-refractivity contribution in [1.82, 2.24) is 15.4 Å². The van der Waals surface area contributed by atoms with Crippen LogP contribution in [-0.4, -0.2) is 42.4 Å². The van der Waals surface area contributed by atoms with Crippen LogP contribution in [0.3, 0.4) is 0 Å². The Hall–Kier alpha value is -1.56. The molecule has 1 aromatic heterocycles. The van der Waals surface area contributed by atoms with E-state index in [2.05, 4.69) is 10.5 Å². The maximum absolute atomic E-state index is 12.2. The molecular weight excluding hydrogens is 258 g/mol. The highest BCUT2D eigenvalue weighted by atomic mass is 16.5. The van der Waals surface area contributed by atoms with Gasteiger partial charge in [-0.15, -0.1) is 0 Å². The normalized spacial score (nSPS) is 18.5. The molecule has 1 aliphatic rings. The lowest BCUT2D eigenvalue weighted by atomic mass is 10.1. The van der Waals surface area contributed by atoms with Crippen LogP contribution in [0.5, 0.6) is 0 Å². The van der Waals surface area contributed by atoms with Gasteiger partial charge in [-0.2, -0.15) is 0 Å². The maximum atomic E-state index is 12.2. The Bertz CT molecular complexity index is 433. The van der Waals surface area contributed by atoms with Gasteiger partial charge in [-0.3, -0.25) is 0 Å². The van der Waals surface area contributed by atoms with Gasteiger partial charge in [0.1, 0.15) is 0 Å². The molecule has 20 heavy (non-hydrogen) atoms. The third-order valence-electron chi connectivity index (χ3n) is 3.43. The molecule has 0 radical (unpaired) electrons. The second-order valence-electron chi connectivity index (χ2n) is 5.00. The number of nitrogens with one attached hydrogen (secondary N) is 1. The molecule has 1 fully saturated rings. The molecule has 1 aromatic rings.